The first kappa shape index (κ1) is 21.9. The average molecular weight is 435 g/mol. The Balaban J connectivity index is 1.69. The van der Waals surface area contributed by atoms with Crippen LogP contribution in [0.1, 0.15) is 30.1 Å². The maximum atomic E-state index is 13.3. The van der Waals surface area contributed by atoms with Gasteiger partial charge in [-0.1, -0.05) is 25.1 Å². The summed E-state index contributed by atoms with van der Waals surface area (Å²) in [6.07, 6.45) is 4.07. The van der Waals surface area contributed by atoms with Crippen molar-refractivity contribution in [3.8, 4) is 28.4 Å². The van der Waals surface area contributed by atoms with Crippen molar-refractivity contribution in [2.45, 2.75) is 25.8 Å². The fourth-order valence-electron chi connectivity index (χ4n) is 4.29. The normalized spacial score (nSPS) is 16.2. The zero-order chi connectivity index (χ0) is 22.5. The zero-order valence-corrected chi connectivity index (χ0v) is 18.9. The number of aromatic nitrogens is 2. The number of ether oxygens (including phenoxy) is 2. The molecular weight excluding hydrogens is 404 g/mol. The lowest BCUT2D eigenvalue weighted by molar-refractivity contribution is 0.0942. The molecule has 1 amide bonds. The zero-order valence-electron chi connectivity index (χ0n) is 18.9. The Morgan fingerprint density at radius 2 is 1.97 bits per heavy atom. The number of likely N-dealkylation sites (N-methyl/N-ethyl adjacent to an activating group) is 1. The number of amides is 1. The Kier molecular flexibility index (Phi) is 6.75. The molecule has 168 valence electrons. The number of carbonyl (C=O) groups is 1. The Morgan fingerprint density at radius 3 is 2.69 bits per heavy atom. The van der Waals surface area contributed by atoms with Crippen LogP contribution in [0.5, 0.6) is 11.5 Å². The molecule has 2 aromatic carbocycles. The van der Waals surface area contributed by atoms with Crippen LogP contribution in [0.4, 0.5) is 0 Å². The molecule has 0 saturated carbocycles. The molecular formula is C25H30N4O3. The van der Waals surface area contributed by atoms with E-state index in [0.29, 0.717) is 35.3 Å². The minimum atomic E-state index is -0.136. The molecule has 7 heteroatoms. The van der Waals surface area contributed by atoms with Crippen molar-refractivity contribution in [1.82, 2.24) is 20.0 Å². The van der Waals surface area contributed by atoms with Crippen LogP contribution in [0.15, 0.2) is 54.7 Å². The van der Waals surface area contributed by atoms with Gasteiger partial charge in [0.15, 0.2) is 0 Å². The lowest BCUT2D eigenvalue weighted by Crippen LogP contribution is -2.40. The summed E-state index contributed by atoms with van der Waals surface area (Å²) < 4.78 is 12.7. The minimum absolute atomic E-state index is 0.136. The number of para-hydroxylation sites is 1. The van der Waals surface area contributed by atoms with Gasteiger partial charge in [-0.3, -0.25) is 9.69 Å². The minimum Gasteiger partial charge on any atom is -0.497 e. The second-order valence-electron chi connectivity index (χ2n) is 7.87. The summed E-state index contributed by atoms with van der Waals surface area (Å²) in [4.78, 5) is 15.7. The van der Waals surface area contributed by atoms with Crippen LogP contribution >= 0.6 is 0 Å². The molecule has 4 rings (SSSR count). The van der Waals surface area contributed by atoms with Crippen LogP contribution in [0.3, 0.4) is 0 Å². The van der Waals surface area contributed by atoms with Crippen molar-refractivity contribution >= 4 is 5.91 Å². The van der Waals surface area contributed by atoms with Gasteiger partial charge in [0.2, 0.25) is 0 Å². The Bertz CT molecular complexity index is 1060. The number of nitrogens with one attached hydrogen (secondary N) is 1. The topological polar surface area (TPSA) is 68.6 Å². The molecule has 1 saturated heterocycles. The lowest BCUT2D eigenvalue weighted by Gasteiger charge is -2.22. The number of carbonyl (C=O) groups excluding carboxylic acids is 1. The van der Waals surface area contributed by atoms with Crippen LogP contribution in [-0.4, -0.2) is 60.5 Å². The molecule has 2 heterocycles. The van der Waals surface area contributed by atoms with Gasteiger partial charge in [0, 0.05) is 30.4 Å². The monoisotopic (exact) mass is 434 g/mol. The highest BCUT2D eigenvalue weighted by molar-refractivity contribution is 6.00. The van der Waals surface area contributed by atoms with Crippen LogP contribution in [0.25, 0.3) is 16.9 Å². The molecule has 0 aliphatic carbocycles. The van der Waals surface area contributed by atoms with E-state index in [1.54, 1.807) is 31.2 Å². The third-order valence-corrected chi connectivity index (χ3v) is 6.05. The smallest absolute Gasteiger partial charge is 0.255 e. The number of likely N-dealkylation sites (tertiary alicyclic amines) is 1. The van der Waals surface area contributed by atoms with Crippen molar-refractivity contribution in [3.05, 3.63) is 60.3 Å². The van der Waals surface area contributed by atoms with Gasteiger partial charge in [0.25, 0.3) is 5.91 Å². The maximum Gasteiger partial charge on any atom is 0.255 e. The van der Waals surface area contributed by atoms with Crippen LogP contribution in [-0.2, 0) is 0 Å². The molecule has 0 spiro atoms. The molecule has 1 aliphatic rings. The van der Waals surface area contributed by atoms with E-state index in [-0.39, 0.29) is 5.91 Å². The van der Waals surface area contributed by atoms with Crippen molar-refractivity contribution in [2.24, 2.45) is 0 Å². The van der Waals surface area contributed by atoms with Gasteiger partial charge in [0.1, 0.15) is 17.2 Å². The van der Waals surface area contributed by atoms with E-state index in [1.807, 2.05) is 42.5 Å². The van der Waals surface area contributed by atoms with Gasteiger partial charge in [-0.25, -0.2) is 4.68 Å². The highest BCUT2D eigenvalue weighted by atomic mass is 16.5. The quantitative estimate of drug-likeness (QED) is 0.585. The number of hydrogen-bond donors (Lipinski definition) is 1. The summed E-state index contributed by atoms with van der Waals surface area (Å²) in [6, 6.07) is 15.7. The predicted molar refractivity (Wildman–Crippen MR) is 125 cm³/mol. The Morgan fingerprint density at radius 1 is 1.16 bits per heavy atom. The molecule has 1 aromatic heterocycles. The molecule has 0 radical (unpaired) electrons. The van der Waals surface area contributed by atoms with Crippen molar-refractivity contribution in [3.63, 3.8) is 0 Å². The summed E-state index contributed by atoms with van der Waals surface area (Å²) in [7, 11) is 3.21. The lowest BCUT2D eigenvalue weighted by atomic mass is 10.1. The first-order valence-corrected chi connectivity index (χ1v) is 11.0. The highest BCUT2D eigenvalue weighted by Crippen LogP contribution is 2.35. The molecule has 1 unspecified atom stereocenters. The summed E-state index contributed by atoms with van der Waals surface area (Å²) in [5, 5.41) is 7.91. The molecule has 1 aliphatic heterocycles. The van der Waals surface area contributed by atoms with E-state index in [2.05, 4.69) is 17.1 Å². The first-order chi connectivity index (χ1) is 15.6. The van der Waals surface area contributed by atoms with Gasteiger partial charge in [-0.2, -0.15) is 5.10 Å². The second kappa shape index (κ2) is 9.87. The SMILES string of the molecule is CCN1CCCC1CNC(=O)c1cn(-c2ccccc2)nc1-c1ccc(OC)cc1OC. The second-order valence-corrected chi connectivity index (χ2v) is 7.87. The molecule has 7 nitrogen and oxygen atoms in total. The fourth-order valence-corrected chi connectivity index (χ4v) is 4.29. The number of benzene rings is 2. The molecule has 1 fully saturated rings. The first-order valence-electron chi connectivity index (χ1n) is 11.0. The van der Waals surface area contributed by atoms with Crippen molar-refractivity contribution in [1.29, 1.82) is 0 Å². The van der Waals surface area contributed by atoms with E-state index in [9.17, 15) is 4.79 Å². The van der Waals surface area contributed by atoms with E-state index in [1.165, 1.54) is 6.42 Å². The third-order valence-electron chi connectivity index (χ3n) is 6.05. The van der Waals surface area contributed by atoms with Gasteiger partial charge < -0.3 is 14.8 Å². The molecule has 32 heavy (non-hydrogen) atoms. The molecule has 1 atom stereocenters. The predicted octanol–water partition coefficient (Wildman–Crippen LogP) is 3.77. The van der Waals surface area contributed by atoms with Crippen LogP contribution in [0.2, 0.25) is 0 Å². The van der Waals surface area contributed by atoms with Crippen molar-refractivity contribution < 1.29 is 14.3 Å². The summed E-state index contributed by atoms with van der Waals surface area (Å²) in [5.41, 5.74) is 2.71. The summed E-state index contributed by atoms with van der Waals surface area (Å²) in [5.74, 6) is 1.15. The van der Waals surface area contributed by atoms with E-state index < -0.39 is 0 Å². The summed E-state index contributed by atoms with van der Waals surface area (Å²) in [6.45, 7) is 4.89. The molecule has 1 N–H and O–H groups in total. The highest BCUT2D eigenvalue weighted by Gasteiger charge is 2.26. The van der Waals surface area contributed by atoms with Gasteiger partial charge in [-0.05, 0) is 50.2 Å². The standard InChI is InChI=1S/C25H30N4O3/c1-4-28-14-8-11-19(28)16-26-25(30)22-17-29(18-9-6-5-7-10-18)27-24(22)21-13-12-20(31-2)15-23(21)32-3/h5-7,9-10,12-13,15,17,19H,4,8,11,14,16H2,1-3H3,(H,26,30). The van der Waals surface area contributed by atoms with Gasteiger partial charge in [-0.15, -0.1) is 0 Å². The van der Waals surface area contributed by atoms with Gasteiger partial charge >= 0.3 is 0 Å². The Labute approximate surface area is 188 Å². The van der Waals surface area contributed by atoms with E-state index in [0.717, 1.165) is 30.8 Å². The van der Waals surface area contributed by atoms with Crippen LogP contribution < -0.4 is 14.8 Å². The fraction of sp³-hybridized carbons (Fsp3) is 0.360. The van der Waals surface area contributed by atoms with E-state index in [4.69, 9.17) is 14.6 Å². The maximum absolute atomic E-state index is 13.3. The Hall–Kier alpha value is -3.32. The number of nitrogens with zero attached hydrogens (tertiary/aromatic N) is 3. The van der Waals surface area contributed by atoms with E-state index >= 15 is 0 Å². The molecule has 3 aromatic rings. The van der Waals surface area contributed by atoms with Crippen molar-refractivity contribution in [2.75, 3.05) is 33.9 Å². The number of hydrogen-bond acceptors (Lipinski definition) is 5. The summed E-state index contributed by atoms with van der Waals surface area (Å²) >= 11 is 0. The third kappa shape index (κ3) is 4.48. The molecule has 0 bridgehead atoms. The number of rotatable bonds is 8. The largest absolute Gasteiger partial charge is 0.497 e. The average Bonchev–Trinajstić information content (AvgIpc) is 3.49. The van der Waals surface area contributed by atoms with Gasteiger partial charge in [0.05, 0.1) is 25.5 Å². The van der Waals surface area contributed by atoms with Crippen LogP contribution in [0, 0.1) is 0 Å². The number of methoxy groups -OCH3 is 2.